The number of carbonyl (C=O) groups excluding carboxylic acids is 1. The lowest BCUT2D eigenvalue weighted by atomic mass is 10.4. The highest BCUT2D eigenvalue weighted by Gasteiger charge is 2.09. The maximum Gasteiger partial charge on any atom is 0.271 e. The normalized spacial score (nSPS) is 10.2. The molecule has 0 aliphatic heterocycles. The summed E-state index contributed by atoms with van der Waals surface area (Å²) in [5.41, 5.74) is 2.76. The van der Waals surface area contributed by atoms with Crippen molar-refractivity contribution in [1.29, 1.82) is 0 Å². The second-order valence-electron chi connectivity index (χ2n) is 3.53. The third-order valence-corrected chi connectivity index (χ3v) is 2.26. The topological polar surface area (TPSA) is 111 Å². The maximum atomic E-state index is 11.4. The zero-order chi connectivity index (χ0) is 13.1. The van der Waals surface area contributed by atoms with Gasteiger partial charge in [-0.15, -0.1) is 0 Å². The van der Waals surface area contributed by atoms with Gasteiger partial charge in [-0.1, -0.05) is 0 Å². The number of anilines is 1. The molecule has 8 nitrogen and oxygen atoms in total. The van der Waals surface area contributed by atoms with E-state index in [0.717, 1.165) is 0 Å². The molecule has 0 aliphatic carbocycles. The summed E-state index contributed by atoms with van der Waals surface area (Å²) in [6.45, 7) is 1.74. The minimum Gasteiger partial charge on any atom is -0.354 e. The number of rotatable bonds is 3. The standard InChI is InChI=1S/C10H13N7O/c1-6-13-8(15-11)5-9(14-6)17-4-3-7(16-17)10(18)12-2/h3-5H,11H2,1-2H3,(H,12,18)(H,13,14,15). The number of nitrogens with one attached hydrogen (secondary N) is 2. The summed E-state index contributed by atoms with van der Waals surface area (Å²) in [5.74, 6) is 6.62. The molecule has 1 amide bonds. The second-order valence-corrected chi connectivity index (χ2v) is 3.53. The van der Waals surface area contributed by atoms with E-state index in [1.54, 1.807) is 32.3 Å². The van der Waals surface area contributed by atoms with Crippen molar-refractivity contribution in [3.8, 4) is 5.82 Å². The van der Waals surface area contributed by atoms with Crippen LogP contribution in [0.5, 0.6) is 0 Å². The third kappa shape index (κ3) is 2.28. The molecule has 2 aromatic heterocycles. The molecule has 0 spiro atoms. The summed E-state index contributed by atoms with van der Waals surface area (Å²) in [6, 6.07) is 3.24. The largest absolute Gasteiger partial charge is 0.354 e. The molecule has 4 N–H and O–H groups in total. The van der Waals surface area contributed by atoms with E-state index in [1.807, 2.05) is 0 Å². The van der Waals surface area contributed by atoms with E-state index in [-0.39, 0.29) is 5.91 Å². The van der Waals surface area contributed by atoms with Crippen LogP contribution in [0.25, 0.3) is 5.82 Å². The minimum atomic E-state index is -0.253. The van der Waals surface area contributed by atoms with Crippen molar-refractivity contribution >= 4 is 11.7 Å². The lowest BCUT2D eigenvalue weighted by molar-refractivity contribution is 0.0957. The molecule has 0 aliphatic rings. The SMILES string of the molecule is CNC(=O)c1ccn(-c2cc(NN)nc(C)n2)n1. The van der Waals surface area contributed by atoms with Gasteiger partial charge in [0.1, 0.15) is 11.6 Å². The first kappa shape index (κ1) is 12.0. The number of hydrogen-bond donors (Lipinski definition) is 3. The van der Waals surface area contributed by atoms with Gasteiger partial charge in [0.2, 0.25) is 0 Å². The van der Waals surface area contributed by atoms with Crippen LogP contribution in [-0.4, -0.2) is 32.7 Å². The highest BCUT2D eigenvalue weighted by Crippen LogP contribution is 2.10. The third-order valence-electron chi connectivity index (χ3n) is 2.26. The summed E-state index contributed by atoms with van der Waals surface area (Å²) >= 11 is 0. The number of carbonyl (C=O) groups is 1. The number of amides is 1. The average Bonchev–Trinajstić information content (AvgIpc) is 2.86. The zero-order valence-corrected chi connectivity index (χ0v) is 10.0. The summed E-state index contributed by atoms with van der Waals surface area (Å²) in [6.07, 6.45) is 1.65. The number of hydrogen-bond acceptors (Lipinski definition) is 6. The highest BCUT2D eigenvalue weighted by atomic mass is 16.1. The van der Waals surface area contributed by atoms with Crippen LogP contribution in [0, 0.1) is 6.92 Å². The molecule has 94 valence electrons. The van der Waals surface area contributed by atoms with Crippen molar-refractivity contribution in [2.24, 2.45) is 5.84 Å². The molecule has 0 saturated heterocycles. The van der Waals surface area contributed by atoms with E-state index in [1.165, 1.54) is 4.68 Å². The number of hydrazine groups is 1. The fraction of sp³-hybridized carbons (Fsp3) is 0.200. The fourth-order valence-electron chi connectivity index (χ4n) is 1.44. The lowest BCUT2D eigenvalue weighted by Gasteiger charge is -2.04. The molecular formula is C10H13N7O. The summed E-state index contributed by atoms with van der Waals surface area (Å²) in [7, 11) is 1.55. The highest BCUT2D eigenvalue weighted by molar-refractivity contribution is 5.91. The fourth-order valence-corrected chi connectivity index (χ4v) is 1.44. The van der Waals surface area contributed by atoms with Gasteiger partial charge in [0.25, 0.3) is 5.91 Å². The van der Waals surface area contributed by atoms with Gasteiger partial charge in [-0.05, 0) is 13.0 Å². The number of aromatic nitrogens is 4. The Labute approximate surface area is 103 Å². The van der Waals surface area contributed by atoms with E-state index < -0.39 is 0 Å². The Balaban J connectivity index is 2.39. The van der Waals surface area contributed by atoms with Gasteiger partial charge >= 0.3 is 0 Å². The summed E-state index contributed by atoms with van der Waals surface area (Å²) < 4.78 is 1.49. The Morgan fingerprint density at radius 1 is 1.44 bits per heavy atom. The average molecular weight is 247 g/mol. The number of nitrogens with two attached hydrogens (primary N) is 1. The van der Waals surface area contributed by atoms with Crippen molar-refractivity contribution in [3.05, 3.63) is 29.8 Å². The van der Waals surface area contributed by atoms with Gasteiger partial charge < -0.3 is 10.7 Å². The van der Waals surface area contributed by atoms with E-state index in [2.05, 4.69) is 25.8 Å². The van der Waals surface area contributed by atoms with E-state index in [4.69, 9.17) is 5.84 Å². The number of nitrogen functional groups attached to an aromatic ring is 1. The molecule has 2 rings (SSSR count). The van der Waals surface area contributed by atoms with Crippen LogP contribution < -0.4 is 16.6 Å². The predicted octanol–water partition coefficient (Wildman–Crippen LogP) is -0.384. The van der Waals surface area contributed by atoms with E-state index in [9.17, 15) is 4.79 Å². The molecule has 0 radical (unpaired) electrons. The molecular weight excluding hydrogens is 234 g/mol. The van der Waals surface area contributed by atoms with Crippen LogP contribution >= 0.6 is 0 Å². The Morgan fingerprint density at radius 3 is 2.89 bits per heavy atom. The monoisotopic (exact) mass is 247 g/mol. The van der Waals surface area contributed by atoms with Crippen LogP contribution in [0.4, 0.5) is 5.82 Å². The smallest absolute Gasteiger partial charge is 0.271 e. The first-order chi connectivity index (χ1) is 8.63. The Morgan fingerprint density at radius 2 is 2.22 bits per heavy atom. The molecule has 0 unspecified atom stereocenters. The van der Waals surface area contributed by atoms with Crippen LogP contribution in [0.3, 0.4) is 0 Å². The van der Waals surface area contributed by atoms with Gasteiger partial charge in [0.15, 0.2) is 11.5 Å². The summed E-state index contributed by atoms with van der Waals surface area (Å²) in [4.78, 5) is 19.7. The van der Waals surface area contributed by atoms with E-state index in [0.29, 0.717) is 23.2 Å². The van der Waals surface area contributed by atoms with Crippen LogP contribution in [0.2, 0.25) is 0 Å². The summed E-state index contributed by atoms with van der Waals surface area (Å²) in [5, 5.41) is 6.61. The number of aryl methyl sites for hydroxylation is 1. The lowest BCUT2D eigenvalue weighted by Crippen LogP contribution is -2.18. The molecule has 0 aromatic carbocycles. The van der Waals surface area contributed by atoms with Gasteiger partial charge in [0.05, 0.1) is 0 Å². The van der Waals surface area contributed by atoms with Crippen LogP contribution in [0.15, 0.2) is 18.3 Å². The van der Waals surface area contributed by atoms with Gasteiger partial charge in [-0.3, -0.25) is 4.79 Å². The first-order valence-corrected chi connectivity index (χ1v) is 5.24. The zero-order valence-electron chi connectivity index (χ0n) is 10.0. The Bertz CT molecular complexity index is 577. The molecule has 2 heterocycles. The predicted molar refractivity (Wildman–Crippen MR) is 65.1 cm³/mol. The van der Waals surface area contributed by atoms with Gasteiger partial charge in [-0.25, -0.2) is 20.5 Å². The van der Waals surface area contributed by atoms with Gasteiger partial charge in [0, 0.05) is 19.3 Å². The van der Waals surface area contributed by atoms with Crippen LogP contribution in [-0.2, 0) is 0 Å². The Kier molecular flexibility index (Phi) is 3.20. The maximum absolute atomic E-state index is 11.4. The van der Waals surface area contributed by atoms with Crippen molar-refractivity contribution in [1.82, 2.24) is 25.1 Å². The molecule has 0 fully saturated rings. The van der Waals surface area contributed by atoms with E-state index >= 15 is 0 Å². The van der Waals surface area contributed by atoms with Crippen LogP contribution in [0.1, 0.15) is 16.3 Å². The van der Waals surface area contributed by atoms with Crippen molar-refractivity contribution in [3.63, 3.8) is 0 Å². The quantitative estimate of drug-likeness (QED) is 0.503. The number of nitrogens with zero attached hydrogens (tertiary/aromatic N) is 4. The molecule has 18 heavy (non-hydrogen) atoms. The van der Waals surface area contributed by atoms with Crippen molar-refractivity contribution in [2.45, 2.75) is 6.92 Å². The van der Waals surface area contributed by atoms with Gasteiger partial charge in [-0.2, -0.15) is 5.10 Å². The molecule has 0 saturated carbocycles. The molecule has 0 bridgehead atoms. The minimum absolute atomic E-state index is 0.253. The second kappa shape index (κ2) is 4.80. The first-order valence-electron chi connectivity index (χ1n) is 5.24. The molecule has 2 aromatic rings. The Hall–Kier alpha value is -2.48. The molecule has 0 atom stereocenters. The van der Waals surface area contributed by atoms with Crippen molar-refractivity contribution < 1.29 is 4.79 Å². The molecule has 8 heteroatoms. The van der Waals surface area contributed by atoms with Crippen molar-refractivity contribution in [2.75, 3.05) is 12.5 Å².